The van der Waals surface area contributed by atoms with Gasteiger partial charge in [-0.3, -0.25) is 0 Å². The van der Waals surface area contributed by atoms with Crippen LogP contribution in [0.2, 0.25) is 0 Å². The minimum atomic E-state index is -0.899. The predicted molar refractivity (Wildman–Crippen MR) is 71.6 cm³/mol. The number of piperidine rings is 1. The van der Waals surface area contributed by atoms with Gasteiger partial charge in [0.1, 0.15) is 11.3 Å². The second kappa shape index (κ2) is 5.85. The van der Waals surface area contributed by atoms with E-state index in [1.54, 1.807) is 0 Å². The first-order valence-corrected chi connectivity index (χ1v) is 6.89. The number of nitrogens with one attached hydrogen (secondary N) is 2. The van der Waals surface area contributed by atoms with Gasteiger partial charge in [0, 0.05) is 6.42 Å². The highest BCUT2D eigenvalue weighted by atomic mass is 19.2. The summed E-state index contributed by atoms with van der Waals surface area (Å²) >= 11 is 0. The Hall–Kier alpha value is -1.53. The van der Waals surface area contributed by atoms with E-state index in [0.717, 1.165) is 32.0 Å². The Morgan fingerprint density at radius 1 is 1.25 bits per heavy atom. The Morgan fingerprint density at radius 2 is 2.05 bits per heavy atom. The molecule has 4 nitrogen and oxygen atoms in total. The molecular formula is C14H17F2N3O. The topological polar surface area (TPSA) is 49.9 Å². The molecule has 0 spiro atoms. The van der Waals surface area contributed by atoms with Crippen LogP contribution in [0.25, 0.3) is 11.0 Å². The SMILES string of the molecule is Fc1ccc2[nH]c(CCOC3CCNCC3)nc2c1F. The summed E-state index contributed by atoms with van der Waals surface area (Å²) in [5.41, 5.74) is 0.572. The van der Waals surface area contributed by atoms with Crippen LogP contribution in [0.5, 0.6) is 0 Å². The molecule has 0 amide bonds. The van der Waals surface area contributed by atoms with E-state index in [1.165, 1.54) is 6.07 Å². The number of aromatic amines is 1. The molecule has 0 aliphatic carbocycles. The standard InChI is InChI=1S/C14H17F2N3O/c15-10-1-2-11-14(13(10)16)19-12(18-11)5-8-20-9-3-6-17-7-4-9/h1-2,9,17H,3-8H2,(H,18,19). The zero-order valence-corrected chi connectivity index (χ0v) is 11.1. The third kappa shape index (κ3) is 2.81. The fraction of sp³-hybridized carbons (Fsp3) is 0.500. The van der Waals surface area contributed by atoms with Crippen molar-refractivity contribution in [1.29, 1.82) is 0 Å². The van der Waals surface area contributed by atoms with Gasteiger partial charge in [0.05, 0.1) is 18.2 Å². The van der Waals surface area contributed by atoms with Crippen molar-refractivity contribution in [3.63, 3.8) is 0 Å². The summed E-state index contributed by atoms with van der Waals surface area (Å²) in [4.78, 5) is 7.08. The Balaban J connectivity index is 1.61. The van der Waals surface area contributed by atoms with Crippen molar-refractivity contribution in [2.45, 2.75) is 25.4 Å². The number of imidazole rings is 1. The van der Waals surface area contributed by atoms with Crippen LogP contribution in [0.15, 0.2) is 12.1 Å². The molecule has 1 aromatic carbocycles. The number of ether oxygens (including phenoxy) is 1. The van der Waals surface area contributed by atoms with E-state index in [0.29, 0.717) is 24.4 Å². The largest absolute Gasteiger partial charge is 0.378 e. The Labute approximate surface area is 115 Å². The summed E-state index contributed by atoms with van der Waals surface area (Å²) in [7, 11) is 0. The number of hydrogen-bond donors (Lipinski definition) is 2. The smallest absolute Gasteiger partial charge is 0.186 e. The van der Waals surface area contributed by atoms with E-state index in [9.17, 15) is 8.78 Å². The number of fused-ring (bicyclic) bond motifs is 1. The number of benzene rings is 1. The van der Waals surface area contributed by atoms with Gasteiger partial charge >= 0.3 is 0 Å². The predicted octanol–water partition coefficient (Wildman–Crippen LogP) is 2.15. The summed E-state index contributed by atoms with van der Waals surface area (Å²) in [6, 6.07) is 2.60. The summed E-state index contributed by atoms with van der Waals surface area (Å²) in [5, 5.41) is 3.28. The first kappa shape index (κ1) is 13.5. The van der Waals surface area contributed by atoms with Crippen molar-refractivity contribution in [1.82, 2.24) is 15.3 Å². The normalized spacial score (nSPS) is 16.9. The highest BCUT2D eigenvalue weighted by Crippen LogP contribution is 2.18. The van der Waals surface area contributed by atoms with Crippen molar-refractivity contribution < 1.29 is 13.5 Å². The fourth-order valence-corrected chi connectivity index (χ4v) is 2.47. The van der Waals surface area contributed by atoms with E-state index in [4.69, 9.17) is 4.74 Å². The van der Waals surface area contributed by atoms with Gasteiger partial charge in [-0.15, -0.1) is 0 Å². The van der Waals surface area contributed by atoms with Gasteiger partial charge in [-0.2, -0.15) is 0 Å². The lowest BCUT2D eigenvalue weighted by Crippen LogP contribution is -2.32. The molecule has 0 radical (unpaired) electrons. The van der Waals surface area contributed by atoms with Crippen LogP contribution in [-0.4, -0.2) is 35.8 Å². The van der Waals surface area contributed by atoms with E-state index < -0.39 is 11.6 Å². The monoisotopic (exact) mass is 281 g/mol. The average Bonchev–Trinajstić information content (AvgIpc) is 2.88. The average molecular weight is 281 g/mol. The minimum absolute atomic E-state index is 0.0573. The van der Waals surface area contributed by atoms with Gasteiger partial charge in [-0.25, -0.2) is 13.8 Å². The Morgan fingerprint density at radius 3 is 2.85 bits per heavy atom. The molecule has 1 saturated heterocycles. The van der Waals surface area contributed by atoms with E-state index in [2.05, 4.69) is 15.3 Å². The van der Waals surface area contributed by atoms with Crippen LogP contribution in [0.1, 0.15) is 18.7 Å². The van der Waals surface area contributed by atoms with Crippen molar-refractivity contribution in [3.05, 3.63) is 29.6 Å². The molecule has 0 saturated carbocycles. The zero-order valence-electron chi connectivity index (χ0n) is 11.1. The minimum Gasteiger partial charge on any atom is -0.378 e. The number of rotatable bonds is 4. The van der Waals surface area contributed by atoms with Gasteiger partial charge in [0.15, 0.2) is 11.6 Å². The van der Waals surface area contributed by atoms with Crippen LogP contribution < -0.4 is 5.32 Å². The molecule has 6 heteroatoms. The van der Waals surface area contributed by atoms with E-state index >= 15 is 0 Å². The maximum atomic E-state index is 13.5. The maximum Gasteiger partial charge on any atom is 0.186 e. The summed E-state index contributed by atoms with van der Waals surface area (Å²) in [5.74, 6) is -1.15. The lowest BCUT2D eigenvalue weighted by molar-refractivity contribution is 0.0343. The molecule has 2 heterocycles. The molecule has 1 aliphatic rings. The van der Waals surface area contributed by atoms with Crippen LogP contribution in [-0.2, 0) is 11.2 Å². The van der Waals surface area contributed by atoms with Crippen LogP contribution >= 0.6 is 0 Å². The number of halogens is 2. The number of nitrogens with zero attached hydrogens (tertiary/aromatic N) is 1. The number of H-pyrrole nitrogens is 1. The summed E-state index contributed by atoms with van der Waals surface area (Å²) < 4.78 is 32.4. The quantitative estimate of drug-likeness (QED) is 0.903. The first-order valence-electron chi connectivity index (χ1n) is 6.89. The molecular weight excluding hydrogens is 264 g/mol. The van der Waals surface area contributed by atoms with Gasteiger partial charge in [0.2, 0.25) is 0 Å². The van der Waals surface area contributed by atoms with E-state index in [1.807, 2.05) is 0 Å². The molecule has 0 unspecified atom stereocenters. The third-order valence-electron chi connectivity index (χ3n) is 3.57. The lowest BCUT2D eigenvalue weighted by atomic mass is 10.1. The van der Waals surface area contributed by atoms with Gasteiger partial charge < -0.3 is 15.0 Å². The molecule has 1 aromatic heterocycles. The van der Waals surface area contributed by atoms with Gasteiger partial charge in [-0.1, -0.05) is 0 Å². The molecule has 0 atom stereocenters. The number of hydrogen-bond acceptors (Lipinski definition) is 3. The second-order valence-electron chi connectivity index (χ2n) is 5.01. The Kier molecular flexibility index (Phi) is 3.93. The van der Waals surface area contributed by atoms with Crippen molar-refractivity contribution >= 4 is 11.0 Å². The molecule has 3 rings (SSSR count). The molecule has 1 aliphatic heterocycles. The van der Waals surface area contributed by atoms with Gasteiger partial charge in [-0.05, 0) is 38.1 Å². The first-order chi connectivity index (χ1) is 9.74. The molecule has 1 fully saturated rings. The van der Waals surface area contributed by atoms with Crippen LogP contribution in [0.4, 0.5) is 8.78 Å². The third-order valence-corrected chi connectivity index (χ3v) is 3.57. The van der Waals surface area contributed by atoms with Crippen LogP contribution in [0, 0.1) is 11.6 Å². The fourth-order valence-electron chi connectivity index (χ4n) is 2.47. The van der Waals surface area contributed by atoms with Gasteiger partial charge in [0.25, 0.3) is 0 Å². The van der Waals surface area contributed by atoms with Crippen LogP contribution in [0.3, 0.4) is 0 Å². The molecule has 20 heavy (non-hydrogen) atoms. The molecule has 0 bridgehead atoms. The summed E-state index contributed by atoms with van der Waals surface area (Å²) in [6.07, 6.45) is 2.88. The second-order valence-corrected chi connectivity index (χ2v) is 5.01. The molecule has 2 N–H and O–H groups in total. The highest BCUT2D eigenvalue weighted by Gasteiger charge is 2.14. The maximum absolute atomic E-state index is 13.5. The highest BCUT2D eigenvalue weighted by molar-refractivity contribution is 5.75. The van der Waals surface area contributed by atoms with Crippen molar-refractivity contribution in [2.24, 2.45) is 0 Å². The Bertz CT molecular complexity index is 593. The van der Waals surface area contributed by atoms with Crippen molar-refractivity contribution in [2.75, 3.05) is 19.7 Å². The molecule has 2 aromatic rings. The summed E-state index contributed by atoms with van der Waals surface area (Å²) in [6.45, 7) is 2.51. The molecule has 108 valence electrons. The lowest BCUT2D eigenvalue weighted by Gasteiger charge is -2.22. The number of aromatic nitrogens is 2. The van der Waals surface area contributed by atoms with Crippen molar-refractivity contribution in [3.8, 4) is 0 Å². The van der Waals surface area contributed by atoms with E-state index in [-0.39, 0.29) is 11.6 Å². The zero-order chi connectivity index (χ0) is 13.9.